The highest BCUT2D eigenvalue weighted by atomic mass is 14.9. The number of nitrogens with two attached hydrogens (primary N) is 1. The predicted molar refractivity (Wildman–Crippen MR) is 83.1 cm³/mol. The summed E-state index contributed by atoms with van der Waals surface area (Å²) in [7, 11) is 0. The van der Waals surface area contributed by atoms with Gasteiger partial charge in [0.25, 0.3) is 0 Å². The standard InChI is InChI=1S/C17H22N2/c1-13(17(2,3)18)19-11-10-14-8-9-15-6-4-5-7-16(15)12-14/h4-9,12,19H,1,10-11,18H2,2-3H3. The van der Waals surface area contributed by atoms with E-state index in [-0.39, 0.29) is 5.54 Å². The second kappa shape index (κ2) is 5.45. The van der Waals surface area contributed by atoms with Crippen LogP contribution in [0, 0.1) is 0 Å². The maximum absolute atomic E-state index is 5.97. The van der Waals surface area contributed by atoms with Crippen LogP contribution in [0.3, 0.4) is 0 Å². The molecule has 0 saturated heterocycles. The van der Waals surface area contributed by atoms with Gasteiger partial charge in [-0.25, -0.2) is 0 Å². The third-order valence-electron chi connectivity index (χ3n) is 3.34. The fourth-order valence-electron chi connectivity index (χ4n) is 1.98. The average Bonchev–Trinajstić information content (AvgIpc) is 2.37. The van der Waals surface area contributed by atoms with Crippen LogP contribution in [0.5, 0.6) is 0 Å². The smallest absolute Gasteiger partial charge is 0.0495 e. The van der Waals surface area contributed by atoms with Crippen LogP contribution in [-0.2, 0) is 6.42 Å². The summed E-state index contributed by atoms with van der Waals surface area (Å²) in [4.78, 5) is 0. The molecule has 0 aliphatic rings. The molecule has 0 aromatic heterocycles. The third-order valence-corrected chi connectivity index (χ3v) is 3.34. The average molecular weight is 254 g/mol. The highest BCUT2D eigenvalue weighted by Crippen LogP contribution is 2.16. The molecule has 2 heteroatoms. The first-order valence-electron chi connectivity index (χ1n) is 6.66. The van der Waals surface area contributed by atoms with Gasteiger partial charge in [-0.15, -0.1) is 0 Å². The lowest BCUT2D eigenvalue weighted by Crippen LogP contribution is -2.40. The quantitative estimate of drug-likeness (QED) is 0.859. The van der Waals surface area contributed by atoms with E-state index in [1.165, 1.54) is 16.3 Å². The van der Waals surface area contributed by atoms with Crippen molar-refractivity contribution in [2.45, 2.75) is 25.8 Å². The van der Waals surface area contributed by atoms with Gasteiger partial charge in [-0.3, -0.25) is 0 Å². The fraction of sp³-hybridized carbons (Fsp3) is 0.294. The van der Waals surface area contributed by atoms with Crippen molar-refractivity contribution in [1.29, 1.82) is 0 Å². The van der Waals surface area contributed by atoms with Gasteiger partial charge in [-0.2, -0.15) is 0 Å². The lowest BCUT2D eigenvalue weighted by molar-refractivity contribution is 0.554. The first-order valence-corrected chi connectivity index (χ1v) is 6.66. The zero-order valence-electron chi connectivity index (χ0n) is 11.7. The molecule has 0 spiro atoms. The van der Waals surface area contributed by atoms with E-state index in [4.69, 9.17) is 5.73 Å². The molecule has 100 valence electrons. The van der Waals surface area contributed by atoms with E-state index in [0.29, 0.717) is 0 Å². The number of rotatable bonds is 5. The van der Waals surface area contributed by atoms with Gasteiger partial charge in [0.1, 0.15) is 0 Å². The Bertz CT molecular complexity index is 579. The van der Waals surface area contributed by atoms with Gasteiger partial charge in [-0.1, -0.05) is 49.0 Å². The van der Waals surface area contributed by atoms with Crippen molar-refractivity contribution in [1.82, 2.24) is 5.32 Å². The molecule has 19 heavy (non-hydrogen) atoms. The summed E-state index contributed by atoms with van der Waals surface area (Å²) in [6, 6.07) is 15.0. The number of hydrogen-bond acceptors (Lipinski definition) is 2. The molecule has 0 bridgehead atoms. The second-order valence-corrected chi connectivity index (χ2v) is 5.56. The maximum Gasteiger partial charge on any atom is 0.0495 e. The molecule has 0 aliphatic heterocycles. The Hall–Kier alpha value is -1.80. The van der Waals surface area contributed by atoms with Crippen molar-refractivity contribution in [2.75, 3.05) is 6.54 Å². The molecule has 3 N–H and O–H groups in total. The molecule has 0 unspecified atom stereocenters. The molecule has 0 radical (unpaired) electrons. The molecule has 2 aromatic carbocycles. The zero-order chi connectivity index (χ0) is 13.9. The van der Waals surface area contributed by atoms with Gasteiger partial charge in [0.15, 0.2) is 0 Å². The Kier molecular flexibility index (Phi) is 3.91. The highest BCUT2D eigenvalue weighted by Gasteiger charge is 2.14. The first kappa shape index (κ1) is 13.6. The minimum absolute atomic E-state index is 0.372. The predicted octanol–water partition coefficient (Wildman–Crippen LogP) is 3.22. The molecule has 2 rings (SSSR count). The molecular weight excluding hydrogens is 232 g/mol. The summed E-state index contributed by atoms with van der Waals surface area (Å²) < 4.78 is 0. The van der Waals surface area contributed by atoms with Crippen LogP contribution >= 0.6 is 0 Å². The molecule has 0 fully saturated rings. The molecule has 0 saturated carbocycles. The van der Waals surface area contributed by atoms with E-state index < -0.39 is 0 Å². The summed E-state index contributed by atoms with van der Waals surface area (Å²) in [6.45, 7) is 8.74. The lowest BCUT2D eigenvalue weighted by atomic mass is 10.0. The summed E-state index contributed by atoms with van der Waals surface area (Å²) in [5.41, 5.74) is 7.81. The van der Waals surface area contributed by atoms with Crippen molar-refractivity contribution in [3.8, 4) is 0 Å². The summed E-state index contributed by atoms with van der Waals surface area (Å²) in [5.74, 6) is 0. The van der Waals surface area contributed by atoms with E-state index in [2.05, 4.69) is 54.4 Å². The van der Waals surface area contributed by atoms with Gasteiger partial charge in [0.2, 0.25) is 0 Å². The Balaban J connectivity index is 1.97. The van der Waals surface area contributed by atoms with Crippen molar-refractivity contribution < 1.29 is 0 Å². The minimum Gasteiger partial charge on any atom is -0.387 e. The van der Waals surface area contributed by atoms with Crippen LogP contribution < -0.4 is 11.1 Å². The van der Waals surface area contributed by atoms with E-state index in [1.807, 2.05) is 13.8 Å². The highest BCUT2D eigenvalue weighted by molar-refractivity contribution is 5.82. The SMILES string of the molecule is C=C(NCCc1ccc2ccccc2c1)C(C)(C)N. The van der Waals surface area contributed by atoms with Crippen LogP contribution in [-0.4, -0.2) is 12.1 Å². The molecule has 0 amide bonds. The second-order valence-electron chi connectivity index (χ2n) is 5.56. The maximum atomic E-state index is 5.97. The largest absolute Gasteiger partial charge is 0.387 e. The van der Waals surface area contributed by atoms with E-state index >= 15 is 0 Å². The zero-order valence-corrected chi connectivity index (χ0v) is 11.7. The van der Waals surface area contributed by atoms with Gasteiger partial charge >= 0.3 is 0 Å². The van der Waals surface area contributed by atoms with Crippen LogP contribution in [0.1, 0.15) is 19.4 Å². The normalized spacial score (nSPS) is 11.5. The van der Waals surface area contributed by atoms with Crippen LogP contribution in [0.4, 0.5) is 0 Å². The van der Waals surface area contributed by atoms with Crippen molar-refractivity contribution >= 4 is 10.8 Å². The summed E-state index contributed by atoms with van der Waals surface area (Å²) >= 11 is 0. The number of nitrogens with one attached hydrogen (secondary N) is 1. The van der Waals surface area contributed by atoms with E-state index in [1.54, 1.807) is 0 Å². The summed E-state index contributed by atoms with van der Waals surface area (Å²) in [6.07, 6.45) is 0.972. The molecule has 0 atom stereocenters. The summed E-state index contributed by atoms with van der Waals surface area (Å²) in [5, 5.41) is 5.87. The molecule has 2 aromatic rings. The van der Waals surface area contributed by atoms with Crippen LogP contribution in [0.15, 0.2) is 54.7 Å². The monoisotopic (exact) mass is 254 g/mol. The third kappa shape index (κ3) is 3.58. The Morgan fingerprint density at radius 3 is 2.53 bits per heavy atom. The lowest BCUT2D eigenvalue weighted by Gasteiger charge is -2.23. The Morgan fingerprint density at radius 1 is 1.16 bits per heavy atom. The molecular formula is C17H22N2. The van der Waals surface area contributed by atoms with Crippen LogP contribution in [0.25, 0.3) is 10.8 Å². The Labute approximate surface area is 115 Å². The van der Waals surface area contributed by atoms with Gasteiger partial charge in [-0.05, 0) is 36.6 Å². The topological polar surface area (TPSA) is 38.0 Å². The molecule has 2 nitrogen and oxygen atoms in total. The van der Waals surface area contributed by atoms with Crippen molar-refractivity contribution in [3.05, 3.63) is 60.3 Å². The number of hydrogen-bond donors (Lipinski definition) is 2. The van der Waals surface area contributed by atoms with Gasteiger partial charge in [0, 0.05) is 17.8 Å². The fourth-order valence-corrected chi connectivity index (χ4v) is 1.98. The van der Waals surface area contributed by atoms with Crippen molar-refractivity contribution in [2.24, 2.45) is 5.73 Å². The van der Waals surface area contributed by atoms with Crippen molar-refractivity contribution in [3.63, 3.8) is 0 Å². The minimum atomic E-state index is -0.372. The van der Waals surface area contributed by atoms with Gasteiger partial charge < -0.3 is 11.1 Å². The van der Waals surface area contributed by atoms with Gasteiger partial charge in [0.05, 0.1) is 0 Å². The van der Waals surface area contributed by atoms with E-state index in [0.717, 1.165) is 18.7 Å². The number of fused-ring (bicyclic) bond motifs is 1. The Morgan fingerprint density at radius 2 is 1.84 bits per heavy atom. The van der Waals surface area contributed by atoms with Crippen LogP contribution in [0.2, 0.25) is 0 Å². The van der Waals surface area contributed by atoms with E-state index in [9.17, 15) is 0 Å². The number of benzene rings is 2. The molecule has 0 heterocycles. The molecule has 0 aliphatic carbocycles. The first-order chi connectivity index (χ1) is 8.97.